The number of hydrogen-bond acceptors (Lipinski definition) is 7. The summed E-state index contributed by atoms with van der Waals surface area (Å²) in [4.78, 5) is 51.1. The van der Waals surface area contributed by atoms with Gasteiger partial charge in [0, 0.05) is 23.1 Å². The van der Waals surface area contributed by atoms with Crippen molar-refractivity contribution in [2.75, 3.05) is 18.8 Å². The molecule has 3 aromatic rings. The van der Waals surface area contributed by atoms with Gasteiger partial charge in [0.05, 0.1) is 18.4 Å². The number of urea groups is 1. The van der Waals surface area contributed by atoms with Gasteiger partial charge in [-0.15, -0.1) is 0 Å². The molecule has 5 rings (SSSR count). The van der Waals surface area contributed by atoms with E-state index in [1.54, 1.807) is 36.4 Å². The Hall–Kier alpha value is -4.86. The number of carbonyl (C=O) groups excluding carboxylic acids is 4. The molecule has 0 bridgehead atoms. The average Bonchev–Trinajstić information content (AvgIpc) is 3.44. The molecule has 182 valence electrons. The zero-order chi connectivity index (χ0) is 25.6. The first-order valence-corrected chi connectivity index (χ1v) is 11.0. The molecular weight excluding hydrogens is 466 g/mol. The number of carbonyl (C=O) groups is 4. The van der Waals surface area contributed by atoms with Gasteiger partial charge in [-0.25, -0.2) is 14.5 Å². The number of fused-ring (bicyclic) bond motifs is 1. The molecule has 2 aromatic carbocycles. The van der Waals surface area contributed by atoms with Gasteiger partial charge in [0.25, 0.3) is 11.8 Å². The van der Waals surface area contributed by atoms with Crippen molar-refractivity contribution in [2.45, 2.75) is 13.8 Å². The number of methoxy groups -OCH3 is 1. The van der Waals surface area contributed by atoms with Gasteiger partial charge in [-0.1, -0.05) is 0 Å². The highest BCUT2D eigenvalue weighted by atomic mass is 16.7. The summed E-state index contributed by atoms with van der Waals surface area (Å²) in [6.45, 7) is 3.78. The van der Waals surface area contributed by atoms with Crippen LogP contribution in [0.25, 0.3) is 11.8 Å². The van der Waals surface area contributed by atoms with Gasteiger partial charge in [0.15, 0.2) is 11.5 Å². The first kappa shape index (κ1) is 22.9. The third-order valence-corrected chi connectivity index (χ3v) is 6.03. The third-order valence-electron chi connectivity index (χ3n) is 6.03. The lowest BCUT2D eigenvalue weighted by molar-refractivity contribution is -0.122. The number of nitrogens with zero attached hydrogens (tertiary/aromatic N) is 2. The molecule has 10 nitrogen and oxygen atoms in total. The van der Waals surface area contributed by atoms with Crippen LogP contribution in [-0.2, 0) is 14.3 Å². The molecule has 0 unspecified atom stereocenters. The minimum Gasteiger partial charge on any atom is -0.465 e. The number of anilines is 1. The molecule has 1 fully saturated rings. The molecule has 0 saturated carbocycles. The van der Waals surface area contributed by atoms with Crippen LogP contribution in [0.4, 0.5) is 10.5 Å². The van der Waals surface area contributed by atoms with Gasteiger partial charge in [-0.3, -0.25) is 14.9 Å². The molecule has 1 N–H and O–H groups in total. The number of rotatable bonds is 4. The van der Waals surface area contributed by atoms with Crippen LogP contribution in [-0.4, -0.2) is 42.3 Å². The zero-order valence-electron chi connectivity index (χ0n) is 19.7. The van der Waals surface area contributed by atoms with E-state index in [1.165, 1.54) is 19.3 Å². The summed E-state index contributed by atoms with van der Waals surface area (Å²) >= 11 is 0. The number of ether oxygens (including phenoxy) is 3. The molecule has 0 spiro atoms. The molecule has 4 amide bonds. The predicted molar refractivity (Wildman–Crippen MR) is 128 cm³/mol. The van der Waals surface area contributed by atoms with Gasteiger partial charge in [0.1, 0.15) is 5.57 Å². The Kier molecular flexibility index (Phi) is 5.56. The van der Waals surface area contributed by atoms with Crippen LogP contribution in [0, 0.1) is 13.8 Å². The number of imide groups is 2. The lowest BCUT2D eigenvalue weighted by Gasteiger charge is -2.26. The Morgan fingerprint density at radius 3 is 2.39 bits per heavy atom. The summed E-state index contributed by atoms with van der Waals surface area (Å²) in [5.41, 5.74) is 3.51. The fourth-order valence-corrected chi connectivity index (χ4v) is 4.27. The van der Waals surface area contributed by atoms with E-state index in [1.807, 2.05) is 24.5 Å². The second-order valence-electron chi connectivity index (χ2n) is 8.20. The Morgan fingerprint density at radius 1 is 0.972 bits per heavy atom. The smallest absolute Gasteiger partial charge is 0.337 e. The van der Waals surface area contributed by atoms with Crippen molar-refractivity contribution in [3.8, 4) is 17.2 Å². The van der Waals surface area contributed by atoms with Crippen LogP contribution in [0.5, 0.6) is 11.5 Å². The van der Waals surface area contributed by atoms with Crippen molar-refractivity contribution in [1.82, 2.24) is 9.88 Å². The van der Waals surface area contributed by atoms with Gasteiger partial charge >= 0.3 is 12.0 Å². The van der Waals surface area contributed by atoms with E-state index in [0.717, 1.165) is 22.0 Å². The molecule has 2 aliphatic rings. The van der Waals surface area contributed by atoms with E-state index in [4.69, 9.17) is 14.2 Å². The summed E-state index contributed by atoms with van der Waals surface area (Å²) in [5.74, 6) is -1.07. The van der Waals surface area contributed by atoms with Gasteiger partial charge < -0.3 is 18.8 Å². The number of amides is 4. The Bertz CT molecular complexity index is 1470. The normalized spacial score (nSPS) is 15.9. The summed E-state index contributed by atoms with van der Waals surface area (Å²) < 4.78 is 17.3. The SMILES string of the molecule is COC(=O)c1ccc(-n2c(C)cc(C=C3C(=O)NC(=O)N(c4ccc5c(c4)OCO5)C3=O)c2C)cc1. The van der Waals surface area contributed by atoms with E-state index < -0.39 is 23.8 Å². The number of aromatic nitrogens is 1. The second-order valence-corrected chi connectivity index (χ2v) is 8.20. The van der Waals surface area contributed by atoms with Crippen LogP contribution < -0.4 is 19.7 Å². The molecular formula is C26H21N3O7. The van der Waals surface area contributed by atoms with E-state index in [2.05, 4.69) is 5.32 Å². The largest absolute Gasteiger partial charge is 0.465 e. The van der Waals surface area contributed by atoms with E-state index in [9.17, 15) is 19.2 Å². The lowest BCUT2D eigenvalue weighted by atomic mass is 10.1. The van der Waals surface area contributed by atoms with Gasteiger partial charge in [0.2, 0.25) is 6.79 Å². The maximum atomic E-state index is 13.3. The van der Waals surface area contributed by atoms with E-state index in [-0.39, 0.29) is 18.1 Å². The van der Waals surface area contributed by atoms with Gasteiger partial charge in [-0.05, 0) is 68.0 Å². The number of hydrogen-bond donors (Lipinski definition) is 1. The lowest BCUT2D eigenvalue weighted by Crippen LogP contribution is -2.54. The van der Waals surface area contributed by atoms with E-state index in [0.29, 0.717) is 22.6 Å². The van der Waals surface area contributed by atoms with Crippen molar-refractivity contribution in [2.24, 2.45) is 0 Å². The first-order chi connectivity index (χ1) is 17.3. The molecule has 0 radical (unpaired) electrons. The van der Waals surface area contributed by atoms with Crippen molar-refractivity contribution < 1.29 is 33.4 Å². The summed E-state index contributed by atoms with van der Waals surface area (Å²) in [5, 5.41) is 2.23. The highest BCUT2D eigenvalue weighted by molar-refractivity contribution is 6.39. The number of barbiturate groups is 1. The monoisotopic (exact) mass is 487 g/mol. The highest BCUT2D eigenvalue weighted by Gasteiger charge is 2.37. The van der Waals surface area contributed by atoms with E-state index >= 15 is 0 Å². The molecule has 0 atom stereocenters. The van der Waals surface area contributed by atoms with Crippen LogP contribution >= 0.6 is 0 Å². The summed E-state index contributed by atoms with van der Waals surface area (Å²) in [7, 11) is 1.32. The quantitative estimate of drug-likeness (QED) is 0.341. The number of aryl methyl sites for hydroxylation is 1. The molecule has 2 aliphatic heterocycles. The summed E-state index contributed by atoms with van der Waals surface area (Å²) in [6, 6.07) is 12.5. The predicted octanol–water partition coefficient (Wildman–Crippen LogP) is 3.28. The topological polar surface area (TPSA) is 116 Å². The Morgan fingerprint density at radius 2 is 1.67 bits per heavy atom. The molecule has 1 saturated heterocycles. The fourth-order valence-electron chi connectivity index (χ4n) is 4.27. The molecule has 36 heavy (non-hydrogen) atoms. The fraction of sp³-hybridized carbons (Fsp3) is 0.154. The zero-order valence-corrected chi connectivity index (χ0v) is 19.7. The number of benzene rings is 2. The van der Waals surface area contributed by atoms with Crippen molar-refractivity contribution in [3.05, 3.63) is 76.6 Å². The first-order valence-electron chi connectivity index (χ1n) is 11.0. The minimum absolute atomic E-state index is 0.0452. The standard InChI is InChI=1S/C26H21N3O7/c1-14-10-17(15(2)28(14)18-6-4-16(5-7-18)25(32)34-3)11-20-23(30)27-26(33)29(24(20)31)19-8-9-21-22(12-19)36-13-35-21/h4-12H,13H2,1-3H3,(H,27,30,33). The molecule has 3 heterocycles. The van der Waals surface area contributed by atoms with Crippen LogP contribution in [0.1, 0.15) is 27.3 Å². The Balaban J connectivity index is 1.50. The van der Waals surface area contributed by atoms with Crippen molar-refractivity contribution in [1.29, 1.82) is 0 Å². The minimum atomic E-state index is -0.850. The maximum absolute atomic E-state index is 13.3. The third kappa shape index (κ3) is 3.78. The average molecular weight is 487 g/mol. The van der Waals surface area contributed by atoms with Crippen LogP contribution in [0.2, 0.25) is 0 Å². The van der Waals surface area contributed by atoms with Gasteiger partial charge in [-0.2, -0.15) is 0 Å². The number of nitrogens with one attached hydrogen (secondary N) is 1. The number of esters is 1. The van der Waals surface area contributed by atoms with Crippen molar-refractivity contribution >= 4 is 35.6 Å². The molecule has 1 aromatic heterocycles. The molecule has 0 aliphatic carbocycles. The highest BCUT2D eigenvalue weighted by Crippen LogP contribution is 2.36. The molecule has 10 heteroatoms. The second kappa shape index (κ2) is 8.73. The summed E-state index contributed by atoms with van der Waals surface area (Å²) in [6.07, 6.45) is 1.46. The van der Waals surface area contributed by atoms with Crippen LogP contribution in [0.15, 0.2) is 54.1 Å². The Labute approximate surface area is 205 Å². The maximum Gasteiger partial charge on any atom is 0.337 e. The van der Waals surface area contributed by atoms with Crippen LogP contribution in [0.3, 0.4) is 0 Å². The van der Waals surface area contributed by atoms with Crippen molar-refractivity contribution in [3.63, 3.8) is 0 Å².